The number of aromatic nitrogens is 4. The third-order valence-corrected chi connectivity index (χ3v) is 5.55. The molecule has 2 amide bonds. The second-order valence-corrected chi connectivity index (χ2v) is 7.38. The van der Waals surface area contributed by atoms with Crippen molar-refractivity contribution in [2.24, 2.45) is 0 Å². The largest absolute Gasteiger partial charge is 1.00 e. The molecule has 0 radical (unpaired) electrons. The summed E-state index contributed by atoms with van der Waals surface area (Å²) >= 11 is 1.21. The monoisotopic (exact) mass is 488 g/mol. The van der Waals surface area contributed by atoms with Crippen molar-refractivity contribution in [3.8, 4) is 0 Å². The molecule has 3 rings (SSSR count). The molecule has 32 heavy (non-hydrogen) atoms. The van der Waals surface area contributed by atoms with Crippen molar-refractivity contribution < 1.29 is 101 Å². The number of aliphatic carboxylic acids is 2. The number of fused-ring (bicyclic) bond motifs is 1. The molecule has 2 aliphatic rings. The second-order valence-electron chi connectivity index (χ2n) is 6.27. The van der Waals surface area contributed by atoms with Gasteiger partial charge in [-0.3, -0.25) is 24.1 Å². The standard InChI is InChI=1S/C15H16N6O8S.2Na.2H/c22-8(3-20-6-16-18-19-20)17-11-13(26)21-12(15(27)28)7(5-30-14(11)21)4-29-10(25)2-1-9(23)24;;;;/h6,11,14H,1-5H2,(H,17,22)(H,23,24)(H,27,28);;;;/q;2*+1;2*-1/t11-,14-;;;;/m1..../s1. The van der Waals surface area contributed by atoms with E-state index in [0.29, 0.717) is 0 Å². The topological polar surface area (TPSA) is 194 Å². The van der Waals surface area contributed by atoms with Gasteiger partial charge in [0.25, 0.3) is 5.91 Å². The molecule has 0 aliphatic carbocycles. The van der Waals surface area contributed by atoms with Crippen molar-refractivity contribution in [1.82, 2.24) is 30.4 Å². The van der Waals surface area contributed by atoms with Gasteiger partial charge in [-0.05, 0) is 10.4 Å². The van der Waals surface area contributed by atoms with Crippen LogP contribution in [0.15, 0.2) is 17.6 Å². The van der Waals surface area contributed by atoms with Gasteiger partial charge in [0.05, 0.1) is 12.8 Å². The molecule has 164 valence electrons. The van der Waals surface area contributed by atoms with E-state index >= 15 is 0 Å². The minimum Gasteiger partial charge on any atom is -1.00 e. The summed E-state index contributed by atoms with van der Waals surface area (Å²) in [6, 6.07) is -0.909. The summed E-state index contributed by atoms with van der Waals surface area (Å²) in [6.45, 7) is -0.576. The molecule has 0 aromatic carbocycles. The average Bonchev–Trinajstić information content (AvgIpc) is 3.20. The van der Waals surface area contributed by atoms with Crippen LogP contribution in [-0.2, 0) is 35.3 Å². The Bertz CT molecular complexity index is 938. The van der Waals surface area contributed by atoms with Crippen LogP contribution in [0.4, 0.5) is 0 Å². The molecule has 1 aromatic heterocycles. The molecule has 0 saturated carbocycles. The Morgan fingerprint density at radius 2 is 1.97 bits per heavy atom. The van der Waals surface area contributed by atoms with Gasteiger partial charge < -0.3 is 23.1 Å². The molecule has 0 unspecified atom stereocenters. The van der Waals surface area contributed by atoms with Gasteiger partial charge in [0, 0.05) is 11.3 Å². The minimum atomic E-state index is -1.37. The normalized spacial score (nSPS) is 19.0. The summed E-state index contributed by atoms with van der Waals surface area (Å²) < 4.78 is 6.11. The molecule has 3 N–H and O–H groups in total. The molecule has 2 atom stereocenters. The zero-order chi connectivity index (χ0) is 21.8. The maximum absolute atomic E-state index is 12.5. The predicted molar refractivity (Wildman–Crippen MR) is 97.6 cm³/mol. The van der Waals surface area contributed by atoms with Crippen LogP contribution in [0.1, 0.15) is 15.7 Å². The number of carbonyl (C=O) groups is 5. The first kappa shape index (κ1) is 28.5. The van der Waals surface area contributed by atoms with E-state index in [1.807, 2.05) is 0 Å². The number of nitrogens with one attached hydrogen (secondary N) is 1. The van der Waals surface area contributed by atoms with Crippen LogP contribution in [0.3, 0.4) is 0 Å². The molecular formula is C15H18N6Na2O8S. The zero-order valence-electron chi connectivity index (χ0n) is 19.3. The van der Waals surface area contributed by atoms with Crippen LogP contribution in [0, 0.1) is 0 Å². The maximum atomic E-state index is 12.5. The van der Waals surface area contributed by atoms with Crippen LogP contribution in [-0.4, -0.2) is 88.8 Å². The fourth-order valence-electron chi connectivity index (χ4n) is 2.86. The first-order valence-electron chi connectivity index (χ1n) is 8.55. The van der Waals surface area contributed by atoms with Crippen molar-refractivity contribution in [3.63, 3.8) is 0 Å². The summed E-state index contributed by atoms with van der Waals surface area (Å²) in [4.78, 5) is 59.4. The van der Waals surface area contributed by atoms with E-state index < -0.39 is 47.6 Å². The Morgan fingerprint density at radius 3 is 2.56 bits per heavy atom. The summed E-state index contributed by atoms with van der Waals surface area (Å²) in [5.74, 6) is -4.29. The summed E-state index contributed by atoms with van der Waals surface area (Å²) in [6.07, 6.45) is 0.481. The number of tetrazole rings is 1. The Balaban J connectivity index is 0. The predicted octanol–water partition coefficient (Wildman–Crippen LogP) is -7.95. The Hall–Kier alpha value is -1.49. The number of nitrogens with zero attached hydrogens (tertiary/aromatic N) is 5. The Kier molecular flexibility index (Phi) is 11.3. The van der Waals surface area contributed by atoms with Gasteiger partial charge in [-0.25, -0.2) is 9.48 Å². The summed E-state index contributed by atoms with van der Waals surface area (Å²) in [5.41, 5.74) is -0.0972. The number of rotatable bonds is 9. The minimum absolute atomic E-state index is 0. The van der Waals surface area contributed by atoms with Crippen LogP contribution in [0.25, 0.3) is 0 Å². The van der Waals surface area contributed by atoms with Gasteiger partial charge in [-0.1, -0.05) is 0 Å². The van der Waals surface area contributed by atoms with Crippen molar-refractivity contribution in [1.29, 1.82) is 0 Å². The number of carbonyl (C=O) groups excluding carboxylic acids is 3. The van der Waals surface area contributed by atoms with Gasteiger partial charge in [-0.15, -0.1) is 16.9 Å². The summed E-state index contributed by atoms with van der Waals surface area (Å²) in [5, 5.41) is 30.4. The van der Waals surface area contributed by atoms with Gasteiger partial charge in [0.1, 0.15) is 36.6 Å². The van der Waals surface area contributed by atoms with E-state index in [1.54, 1.807) is 0 Å². The molecule has 2 aliphatic heterocycles. The zero-order valence-corrected chi connectivity index (χ0v) is 22.1. The molecule has 1 aromatic rings. The first-order valence-corrected chi connectivity index (χ1v) is 9.60. The molecule has 14 nitrogen and oxygen atoms in total. The van der Waals surface area contributed by atoms with E-state index in [0.717, 1.165) is 4.90 Å². The smallest absolute Gasteiger partial charge is 1.00 e. The number of β-lactam (4-membered cyclic amide) rings is 1. The Morgan fingerprint density at radius 1 is 1.25 bits per heavy atom. The fraction of sp³-hybridized carbons (Fsp3) is 0.467. The average molecular weight is 488 g/mol. The maximum Gasteiger partial charge on any atom is 1.00 e. The van der Waals surface area contributed by atoms with E-state index in [-0.39, 0.29) is 98.6 Å². The van der Waals surface area contributed by atoms with Crippen LogP contribution in [0.5, 0.6) is 0 Å². The summed E-state index contributed by atoms with van der Waals surface area (Å²) in [7, 11) is 0. The SMILES string of the molecule is O=C(O)CCC(=O)OCC1=C(C(=O)O)N2C(=O)[C@@H](NC(=O)Cn3cnnn3)[C@H]2SC1.[H-].[H-].[Na+].[Na+]. The molecule has 3 heterocycles. The molecule has 0 spiro atoms. The number of thioether (sulfide) groups is 1. The number of carboxylic acids is 2. The third kappa shape index (κ3) is 6.76. The van der Waals surface area contributed by atoms with Crippen LogP contribution >= 0.6 is 11.8 Å². The molecule has 1 saturated heterocycles. The van der Waals surface area contributed by atoms with Crippen LogP contribution < -0.4 is 64.4 Å². The number of hydrogen-bond donors (Lipinski definition) is 3. The molecular weight excluding hydrogens is 470 g/mol. The van der Waals surface area contributed by atoms with Crippen molar-refractivity contribution in [3.05, 3.63) is 17.6 Å². The number of amides is 2. The number of esters is 1. The van der Waals surface area contributed by atoms with E-state index in [1.165, 1.54) is 22.8 Å². The molecule has 17 heteroatoms. The van der Waals surface area contributed by atoms with Gasteiger partial charge in [0.2, 0.25) is 5.91 Å². The van der Waals surface area contributed by atoms with Crippen molar-refractivity contribution >= 4 is 41.5 Å². The van der Waals surface area contributed by atoms with Crippen molar-refractivity contribution in [2.45, 2.75) is 30.8 Å². The van der Waals surface area contributed by atoms with Gasteiger partial charge in [-0.2, -0.15) is 0 Å². The molecule has 0 bridgehead atoms. The van der Waals surface area contributed by atoms with Gasteiger partial charge >= 0.3 is 77.0 Å². The number of ether oxygens (including phenoxy) is 1. The molecule has 1 fully saturated rings. The fourth-order valence-corrected chi connectivity index (χ4v) is 4.19. The van der Waals surface area contributed by atoms with Crippen molar-refractivity contribution in [2.75, 3.05) is 12.4 Å². The van der Waals surface area contributed by atoms with E-state index in [4.69, 9.17) is 9.84 Å². The third-order valence-electron chi connectivity index (χ3n) is 4.21. The van der Waals surface area contributed by atoms with Gasteiger partial charge in [0.15, 0.2) is 0 Å². The quantitative estimate of drug-likeness (QED) is 0.169. The number of hydrogen-bond acceptors (Lipinski definition) is 10. The van der Waals surface area contributed by atoms with E-state index in [2.05, 4.69) is 20.8 Å². The second kappa shape index (κ2) is 12.7. The van der Waals surface area contributed by atoms with Crippen LogP contribution in [0.2, 0.25) is 0 Å². The first-order chi connectivity index (χ1) is 14.3. The number of carboxylic acid groups (broad SMARTS) is 2. The van der Waals surface area contributed by atoms with E-state index in [9.17, 15) is 29.1 Å². The Labute approximate surface area is 232 Å².